The smallest absolute Gasteiger partial charge is 0.238 e. The number of primary sulfonamides is 1. The Bertz CT molecular complexity index is 863. The number of aromatic nitrogens is 2. The van der Waals surface area contributed by atoms with Crippen LogP contribution in [0.5, 0.6) is 0 Å². The number of aryl methyl sites for hydroxylation is 1. The van der Waals surface area contributed by atoms with E-state index in [9.17, 15) is 8.42 Å². The van der Waals surface area contributed by atoms with Crippen LogP contribution in [-0.4, -0.2) is 18.2 Å². The highest BCUT2D eigenvalue weighted by Gasteiger charge is 2.13. The minimum atomic E-state index is -3.70. The molecule has 0 bridgehead atoms. The predicted molar refractivity (Wildman–Crippen MR) is 77.4 cm³/mol. The Morgan fingerprint density at radius 2 is 1.90 bits per heavy atom. The van der Waals surface area contributed by atoms with Gasteiger partial charge in [0.05, 0.1) is 22.5 Å². The van der Waals surface area contributed by atoms with Crippen molar-refractivity contribution in [2.75, 3.05) is 0 Å². The van der Waals surface area contributed by atoms with Gasteiger partial charge < -0.3 is 4.42 Å². The number of sulfonamides is 1. The van der Waals surface area contributed by atoms with Crippen LogP contribution in [0.1, 0.15) is 5.69 Å². The third-order valence-electron chi connectivity index (χ3n) is 3.01. The summed E-state index contributed by atoms with van der Waals surface area (Å²) in [6.45, 7) is 1.88. The fourth-order valence-electron chi connectivity index (χ4n) is 2.07. The van der Waals surface area contributed by atoms with E-state index in [1.54, 1.807) is 29.1 Å². The van der Waals surface area contributed by atoms with Crippen molar-refractivity contribution in [3.63, 3.8) is 0 Å². The molecule has 0 unspecified atom stereocenters. The van der Waals surface area contributed by atoms with Gasteiger partial charge >= 0.3 is 0 Å². The fraction of sp³-hybridized carbons (Fsp3) is 0.0714. The Hall–Kier alpha value is -2.38. The van der Waals surface area contributed by atoms with Crippen molar-refractivity contribution < 1.29 is 12.8 Å². The highest BCUT2D eigenvalue weighted by Crippen LogP contribution is 2.24. The Morgan fingerprint density at radius 1 is 1.19 bits per heavy atom. The molecule has 108 valence electrons. The highest BCUT2D eigenvalue weighted by atomic mass is 32.2. The van der Waals surface area contributed by atoms with Gasteiger partial charge in [0.15, 0.2) is 5.76 Å². The van der Waals surface area contributed by atoms with E-state index >= 15 is 0 Å². The normalized spacial score (nSPS) is 11.7. The molecule has 2 aromatic heterocycles. The first-order valence-electron chi connectivity index (χ1n) is 6.19. The van der Waals surface area contributed by atoms with E-state index in [1.807, 2.05) is 19.1 Å². The summed E-state index contributed by atoms with van der Waals surface area (Å²) in [6.07, 6.45) is 1.59. The van der Waals surface area contributed by atoms with Gasteiger partial charge in [-0.15, -0.1) is 0 Å². The minimum Gasteiger partial charge on any atom is -0.463 e. The van der Waals surface area contributed by atoms with E-state index in [-0.39, 0.29) is 4.90 Å². The minimum absolute atomic E-state index is 0.0645. The molecule has 3 aromatic rings. The van der Waals surface area contributed by atoms with Gasteiger partial charge in [-0.1, -0.05) is 0 Å². The second-order valence-electron chi connectivity index (χ2n) is 4.60. The molecule has 0 spiro atoms. The summed E-state index contributed by atoms with van der Waals surface area (Å²) in [5, 5.41) is 9.50. The van der Waals surface area contributed by atoms with Crippen molar-refractivity contribution in [3.05, 3.63) is 54.4 Å². The molecular formula is C14H13N3O3S. The zero-order valence-corrected chi connectivity index (χ0v) is 12.0. The number of nitrogens with zero attached hydrogens (tertiary/aromatic N) is 2. The predicted octanol–water partition coefficient (Wildman–Crippen LogP) is 2.09. The second-order valence-corrected chi connectivity index (χ2v) is 6.16. The Morgan fingerprint density at radius 3 is 2.48 bits per heavy atom. The van der Waals surface area contributed by atoms with Crippen LogP contribution in [0, 0.1) is 6.92 Å². The largest absolute Gasteiger partial charge is 0.463 e. The molecule has 0 aliphatic carbocycles. The van der Waals surface area contributed by atoms with Crippen LogP contribution in [0.15, 0.2) is 58.0 Å². The Labute approximate surface area is 121 Å². The summed E-state index contributed by atoms with van der Waals surface area (Å²) in [7, 11) is -3.70. The monoisotopic (exact) mass is 303 g/mol. The van der Waals surface area contributed by atoms with E-state index in [0.717, 1.165) is 17.1 Å². The average Bonchev–Trinajstić information content (AvgIpc) is 3.06. The molecule has 0 saturated carbocycles. The van der Waals surface area contributed by atoms with Gasteiger partial charge in [0, 0.05) is 0 Å². The molecule has 0 atom stereocenters. The van der Waals surface area contributed by atoms with Crippen molar-refractivity contribution in [3.8, 4) is 17.1 Å². The first-order valence-corrected chi connectivity index (χ1v) is 7.73. The van der Waals surface area contributed by atoms with E-state index in [4.69, 9.17) is 9.56 Å². The van der Waals surface area contributed by atoms with Crippen molar-refractivity contribution >= 4 is 10.0 Å². The fourth-order valence-corrected chi connectivity index (χ4v) is 2.59. The topological polar surface area (TPSA) is 91.1 Å². The highest BCUT2D eigenvalue weighted by molar-refractivity contribution is 7.89. The first kappa shape index (κ1) is 13.6. The van der Waals surface area contributed by atoms with Crippen LogP contribution in [0.3, 0.4) is 0 Å². The van der Waals surface area contributed by atoms with Gasteiger partial charge in [0.25, 0.3) is 0 Å². The lowest BCUT2D eigenvalue weighted by atomic mass is 10.2. The summed E-state index contributed by atoms with van der Waals surface area (Å²) in [4.78, 5) is 0.0645. The summed E-state index contributed by atoms with van der Waals surface area (Å²) in [5.74, 6) is 0.686. The summed E-state index contributed by atoms with van der Waals surface area (Å²) < 4.78 is 29.6. The van der Waals surface area contributed by atoms with Crippen LogP contribution in [-0.2, 0) is 10.0 Å². The van der Waals surface area contributed by atoms with E-state index in [2.05, 4.69) is 5.10 Å². The van der Waals surface area contributed by atoms with Gasteiger partial charge in [-0.3, -0.25) is 0 Å². The number of nitrogens with two attached hydrogens (primary N) is 1. The third kappa shape index (κ3) is 2.61. The molecule has 21 heavy (non-hydrogen) atoms. The summed E-state index contributed by atoms with van der Waals surface area (Å²) in [6, 6.07) is 11.7. The number of furan rings is 1. The van der Waals surface area contributed by atoms with Gasteiger partial charge in [-0.2, -0.15) is 5.10 Å². The molecule has 0 amide bonds. The number of hydrogen-bond donors (Lipinski definition) is 1. The maximum Gasteiger partial charge on any atom is 0.238 e. The van der Waals surface area contributed by atoms with Gasteiger partial charge in [0.1, 0.15) is 5.69 Å². The quantitative estimate of drug-likeness (QED) is 0.802. The second kappa shape index (κ2) is 4.87. The Kier molecular flexibility index (Phi) is 3.15. The lowest BCUT2D eigenvalue weighted by Gasteiger charge is -2.06. The lowest BCUT2D eigenvalue weighted by Crippen LogP contribution is -2.12. The van der Waals surface area contributed by atoms with Gasteiger partial charge in [-0.05, 0) is 49.4 Å². The number of hydrogen-bond acceptors (Lipinski definition) is 4. The van der Waals surface area contributed by atoms with Gasteiger partial charge in [-0.25, -0.2) is 18.2 Å². The van der Waals surface area contributed by atoms with Crippen molar-refractivity contribution in [1.29, 1.82) is 0 Å². The standard InChI is InChI=1S/C14H13N3O3S/c1-10-9-13(14-3-2-8-20-14)17(16-10)11-4-6-12(7-5-11)21(15,18)19/h2-9H,1H3,(H2,15,18,19). The Balaban J connectivity index is 2.09. The van der Waals surface area contributed by atoms with E-state index in [0.29, 0.717) is 5.76 Å². The maximum absolute atomic E-state index is 11.3. The molecule has 7 heteroatoms. The van der Waals surface area contributed by atoms with Crippen molar-refractivity contribution in [1.82, 2.24) is 9.78 Å². The molecule has 0 fully saturated rings. The van der Waals surface area contributed by atoms with Crippen LogP contribution >= 0.6 is 0 Å². The van der Waals surface area contributed by atoms with Crippen LogP contribution in [0.25, 0.3) is 17.1 Å². The SMILES string of the molecule is Cc1cc(-c2ccco2)n(-c2ccc(S(N)(=O)=O)cc2)n1. The first-order chi connectivity index (χ1) is 9.95. The van der Waals surface area contributed by atoms with E-state index < -0.39 is 10.0 Å². The zero-order chi connectivity index (χ0) is 15.0. The molecule has 0 aliphatic heterocycles. The molecule has 1 aromatic carbocycles. The van der Waals surface area contributed by atoms with E-state index in [1.165, 1.54) is 12.1 Å². The van der Waals surface area contributed by atoms with Crippen LogP contribution in [0.2, 0.25) is 0 Å². The third-order valence-corrected chi connectivity index (χ3v) is 3.94. The van der Waals surface area contributed by atoms with Gasteiger partial charge in [0.2, 0.25) is 10.0 Å². The molecule has 2 heterocycles. The molecule has 2 N–H and O–H groups in total. The van der Waals surface area contributed by atoms with Crippen LogP contribution < -0.4 is 5.14 Å². The molecule has 6 nitrogen and oxygen atoms in total. The lowest BCUT2D eigenvalue weighted by molar-refractivity contribution is 0.576. The zero-order valence-electron chi connectivity index (χ0n) is 11.2. The molecule has 0 aliphatic rings. The van der Waals surface area contributed by atoms with Crippen molar-refractivity contribution in [2.45, 2.75) is 11.8 Å². The summed E-state index contributed by atoms with van der Waals surface area (Å²) in [5.41, 5.74) is 2.35. The maximum atomic E-state index is 11.3. The molecular weight excluding hydrogens is 290 g/mol. The number of benzene rings is 1. The molecule has 0 radical (unpaired) electrons. The average molecular weight is 303 g/mol. The van der Waals surface area contributed by atoms with Crippen molar-refractivity contribution in [2.24, 2.45) is 5.14 Å². The molecule has 0 saturated heterocycles. The number of rotatable bonds is 3. The summed E-state index contributed by atoms with van der Waals surface area (Å²) >= 11 is 0. The molecule has 3 rings (SSSR count). The van der Waals surface area contributed by atoms with Crippen LogP contribution in [0.4, 0.5) is 0 Å².